The molecule has 1 aromatic carbocycles. The van der Waals surface area contributed by atoms with Crippen LogP contribution in [0.15, 0.2) is 39.9 Å². The summed E-state index contributed by atoms with van der Waals surface area (Å²) in [6, 6.07) is 7.26. The van der Waals surface area contributed by atoms with Gasteiger partial charge >= 0.3 is 0 Å². The van der Waals surface area contributed by atoms with E-state index in [0.29, 0.717) is 16.5 Å². The standard InChI is InChI=1S/C21H22BrN3O3/c1-13-8-17(14(2)25(13)10-16-4-3-7-28-16)20(26)11-24-12-23-19-6-5-15(22)9-18(19)21(24)27/h5-6,8-9,12,16H,3-4,7,10-11H2,1-2H3/t16-/m1/s1. The third kappa shape index (κ3) is 3.56. The number of ether oxygens (including phenoxy) is 1. The van der Waals surface area contributed by atoms with Crippen molar-refractivity contribution in [1.29, 1.82) is 0 Å². The summed E-state index contributed by atoms with van der Waals surface area (Å²) in [6.45, 7) is 5.49. The van der Waals surface area contributed by atoms with Gasteiger partial charge < -0.3 is 9.30 Å². The zero-order valence-corrected chi connectivity index (χ0v) is 17.5. The number of fused-ring (bicyclic) bond motifs is 1. The number of benzene rings is 1. The molecule has 6 nitrogen and oxygen atoms in total. The topological polar surface area (TPSA) is 66.1 Å². The van der Waals surface area contributed by atoms with Crippen molar-refractivity contribution in [3.8, 4) is 0 Å². The normalized spacial score (nSPS) is 16.8. The number of aromatic nitrogens is 3. The van der Waals surface area contributed by atoms with Crippen LogP contribution in [0.5, 0.6) is 0 Å². The zero-order chi connectivity index (χ0) is 19.8. The number of hydrogen-bond acceptors (Lipinski definition) is 4. The summed E-state index contributed by atoms with van der Waals surface area (Å²) in [5.74, 6) is -0.0927. The Bertz CT molecular complexity index is 1110. The van der Waals surface area contributed by atoms with E-state index in [1.165, 1.54) is 10.9 Å². The van der Waals surface area contributed by atoms with Crippen molar-refractivity contribution >= 4 is 32.6 Å². The SMILES string of the molecule is Cc1cc(C(=O)Cn2cnc3ccc(Br)cc3c2=O)c(C)n1C[C@H]1CCCO1. The zero-order valence-electron chi connectivity index (χ0n) is 15.9. The Morgan fingerprint density at radius 2 is 2.14 bits per heavy atom. The molecule has 0 N–H and O–H groups in total. The second kappa shape index (κ2) is 7.64. The highest BCUT2D eigenvalue weighted by atomic mass is 79.9. The first-order chi connectivity index (χ1) is 13.4. The lowest BCUT2D eigenvalue weighted by atomic mass is 10.1. The molecule has 0 saturated carbocycles. The Kier molecular flexibility index (Phi) is 5.21. The molecule has 1 aliphatic heterocycles. The Hall–Kier alpha value is -2.25. The maximum atomic E-state index is 13.0. The summed E-state index contributed by atoms with van der Waals surface area (Å²) in [5, 5.41) is 0.494. The van der Waals surface area contributed by atoms with Gasteiger partial charge in [0.25, 0.3) is 5.56 Å². The second-order valence-corrected chi connectivity index (χ2v) is 8.21. The van der Waals surface area contributed by atoms with Crippen molar-refractivity contribution in [2.75, 3.05) is 6.61 Å². The maximum absolute atomic E-state index is 13.0. The van der Waals surface area contributed by atoms with Gasteiger partial charge in [-0.15, -0.1) is 0 Å². The number of aryl methyl sites for hydroxylation is 1. The number of hydrogen-bond donors (Lipinski definition) is 0. The second-order valence-electron chi connectivity index (χ2n) is 7.29. The molecule has 1 fully saturated rings. The third-order valence-electron chi connectivity index (χ3n) is 5.38. The lowest BCUT2D eigenvalue weighted by Crippen LogP contribution is -2.25. The summed E-state index contributed by atoms with van der Waals surface area (Å²) in [5.41, 5.74) is 3.00. The van der Waals surface area contributed by atoms with Crippen LogP contribution in [0, 0.1) is 13.8 Å². The fourth-order valence-corrected chi connectivity index (χ4v) is 4.20. The molecule has 4 rings (SSSR count). The highest BCUT2D eigenvalue weighted by Crippen LogP contribution is 2.21. The van der Waals surface area contributed by atoms with Crippen LogP contribution in [0.3, 0.4) is 0 Å². The van der Waals surface area contributed by atoms with Crippen LogP contribution in [0.1, 0.15) is 34.6 Å². The molecular weight excluding hydrogens is 422 g/mol. The van der Waals surface area contributed by atoms with E-state index in [9.17, 15) is 9.59 Å². The molecule has 0 amide bonds. The molecule has 1 saturated heterocycles. The minimum atomic E-state index is -0.215. The van der Waals surface area contributed by atoms with E-state index >= 15 is 0 Å². The number of carbonyl (C=O) groups is 1. The van der Waals surface area contributed by atoms with Gasteiger partial charge in [0, 0.05) is 34.6 Å². The Morgan fingerprint density at radius 1 is 1.32 bits per heavy atom. The van der Waals surface area contributed by atoms with Gasteiger partial charge in [0.15, 0.2) is 5.78 Å². The minimum Gasteiger partial charge on any atom is -0.376 e. The van der Waals surface area contributed by atoms with Gasteiger partial charge in [-0.25, -0.2) is 4.98 Å². The van der Waals surface area contributed by atoms with E-state index in [-0.39, 0.29) is 24.0 Å². The van der Waals surface area contributed by atoms with Crippen molar-refractivity contribution in [3.05, 3.63) is 62.4 Å². The van der Waals surface area contributed by atoms with Gasteiger partial charge in [-0.05, 0) is 51.0 Å². The first-order valence-corrected chi connectivity index (χ1v) is 10.2. The van der Waals surface area contributed by atoms with Crippen LogP contribution in [-0.4, -0.2) is 32.6 Å². The first kappa shape index (κ1) is 19.1. The number of Topliss-reactive ketones (excluding diaryl/α,β-unsaturated/α-hetero) is 1. The van der Waals surface area contributed by atoms with Crippen molar-refractivity contribution in [2.24, 2.45) is 0 Å². The lowest BCUT2D eigenvalue weighted by molar-refractivity contribution is 0.0948. The molecule has 28 heavy (non-hydrogen) atoms. The van der Waals surface area contributed by atoms with Crippen LogP contribution < -0.4 is 5.56 Å². The molecule has 2 aromatic heterocycles. The van der Waals surface area contributed by atoms with E-state index in [2.05, 4.69) is 25.5 Å². The predicted molar refractivity (Wildman–Crippen MR) is 111 cm³/mol. The molecular formula is C21H22BrN3O3. The van der Waals surface area contributed by atoms with E-state index < -0.39 is 0 Å². The van der Waals surface area contributed by atoms with Crippen LogP contribution >= 0.6 is 15.9 Å². The molecule has 146 valence electrons. The molecule has 3 heterocycles. The van der Waals surface area contributed by atoms with Gasteiger partial charge in [0.05, 0.1) is 29.9 Å². The molecule has 1 atom stereocenters. The maximum Gasteiger partial charge on any atom is 0.261 e. The summed E-state index contributed by atoms with van der Waals surface area (Å²) in [6.07, 6.45) is 3.79. The minimum absolute atomic E-state index is 0.0293. The van der Waals surface area contributed by atoms with Crippen LogP contribution in [0.4, 0.5) is 0 Å². The van der Waals surface area contributed by atoms with Crippen molar-refractivity contribution in [2.45, 2.75) is 45.9 Å². The van der Waals surface area contributed by atoms with Gasteiger partial charge in [0.2, 0.25) is 0 Å². The Labute approximate surface area is 171 Å². The average Bonchev–Trinajstić information content (AvgIpc) is 3.28. The molecule has 0 bridgehead atoms. The van der Waals surface area contributed by atoms with Crippen molar-refractivity contribution in [3.63, 3.8) is 0 Å². The number of ketones is 1. The molecule has 0 unspecified atom stereocenters. The third-order valence-corrected chi connectivity index (χ3v) is 5.88. The molecule has 7 heteroatoms. The van der Waals surface area contributed by atoms with Gasteiger partial charge in [-0.1, -0.05) is 15.9 Å². The molecule has 1 aliphatic rings. The van der Waals surface area contributed by atoms with Crippen LogP contribution in [0.2, 0.25) is 0 Å². The van der Waals surface area contributed by atoms with Crippen molar-refractivity contribution < 1.29 is 9.53 Å². The molecule has 0 spiro atoms. The summed E-state index contributed by atoms with van der Waals surface area (Å²) in [7, 11) is 0. The van der Waals surface area contributed by atoms with E-state index in [1.807, 2.05) is 26.0 Å². The number of carbonyl (C=O) groups excluding carboxylic acids is 1. The first-order valence-electron chi connectivity index (χ1n) is 9.40. The van der Waals surface area contributed by atoms with Gasteiger partial charge in [-0.2, -0.15) is 0 Å². The van der Waals surface area contributed by atoms with Crippen LogP contribution in [0.25, 0.3) is 10.9 Å². The fraction of sp³-hybridized carbons (Fsp3) is 0.381. The Morgan fingerprint density at radius 3 is 2.89 bits per heavy atom. The average molecular weight is 444 g/mol. The largest absolute Gasteiger partial charge is 0.376 e. The van der Waals surface area contributed by atoms with E-state index in [4.69, 9.17) is 4.74 Å². The predicted octanol–water partition coefficient (Wildman–Crippen LogP) is 3.64. The van der Waals surface area contributed by atoms with Crippen LogP contribution in [-0.2, 0) is 17.8 Å². The lowest BCUT2D eigenvalue weighted by Gasteiger charge is -2.15. The van der Waals surface area contributed by atoms with Gasteiger partial charge in [-0.3, -0.25) is 14.2 Å². The van der Waals surface area contributed by atoms with Gasteiger partial charge in [0.1, 0.15) is 0 Å². The summed E-state index contributed by atoms with van der Waals surface area (Å²) < 4.78 is 10.1. The quantitative estimate of drug-likeness (QED) is 0.564. The molecule has 3 aromatic rings. The number of halogens is 1. The Balaban J connectivity index is 1.61. The highest BCUT2D eigenvalue weighted by molar-refractivity contribution is 9.10. The number of nitrogens with zero attached hydrogens (tertiary/aromatic N) is 3. The monoisotopic (exact) mass is 443 g/mol. The summed E-state index contributed by atoms with van der Waals surface area (Å²) in [4.78, 5) is 30.0. The molecule has 0 radical (unpaired) electrons. The summed E-state index contributed by atoms with van der Waals surface area (Å²) >= 11 is 3.38. The number of rotatable bonds is 5. The highest BCUT2D eigenvalue weighted by Gasteiger charge is 2.21. The molecule has 0 aliphatic carbocycles. The fourth-order valence-electron chi connectivity index (χ4n) is 3.84. The van der Waals surface area contributed by atoms with E-state index in [1.54, 1.807) is 12.1 Å². The smallest absolute Gasteiger partial charge is 0.261 e. The van der Waals surface area contributed by atoms with E-state index in [0.717, 1.165) is 41.9 Å². The van der Waals surface area contributed by atoms with Crippen molar-refractivity contribution in [1.82, 2.24) is 14.1 Å².